The number of nitrogens with zero attached hydrogens (tertiary/aromatic N) is 5. The number of hydrogen-bond acceptors (Lipinski definition) is 11. The fraction of sp³-hybridized carbons (Fsp3) is 0.522. The second kappa shape index (κ2) is 18.0. The van der Waals surface area contributed by atoms with Crippen LogP contribution in [0.1, 0.15) is 98.4 Å². The van der Waals surface area contributed by atoms with Gasteiger partial charge in [0.25, 0.3) is 6.01 Å². The van der Waals surface area contributed by atoms with Crippen molar-refractivity contribution >= 4 is 56.1 Å². The molecule has 0 unspecified atom stereocenters. The van der Waals surface area contributed by atoms with Crippen molar-refractivity contribution in [3.8, 4) is 27.8 Å². The molecular weight excluding hydrogens is 829 g/mol. The highest BCUT2D eigenvalue weighted by atomic mass is 32.2. The van der Waals surface area contributed by atoms with E-state index < -0.39 is 51.2 Å². The van der Waals surface area contributed by atoms with E-state index in [9.17, 15) is 27.6 Å². The molecule has 1 aliphatic carbocycles. The molecule has 2 fully saturated rings. The molecule has 2 aliphatic heterocycles. The highest BCUT2D eigenvalue weighted by Crippen LogP contribution is 2.57. The van der Waals surface area contributed by atoms with Crippen molar-refractivity contribution < 1.29 is 37.1 Å². The zero-order valence-corrected chi connectivity index (χ0v) is 38.3. The lowest BCUT2D eigenvalue weighted by molar-refractivity contribution is -0.159. The molecule has 2 aromatic heterocycles. The fourth-order valence-electron chi connectivity index (χ4n) is 8.66. The smallest absolute Gasteiger partial charge is 0.307 e. The lowest BCUT2D eigenvalue weighted by atomic mass is 9.90. The predicted octanol–water partition coefficient (Wildman–Crippen LogP) is 7.51. The molecule has 1 N–H and O–H groups in total. The summed E-state index contributed by atoms with van der Waals surface area (Å²) >= 11 is 1.53. The zero-order chi connectivity index (χ0) is 44.6. The summed E-state index contributed by atoms with van der Waals surface area (Å²) in [4.78, 5) is 68.2. The van der Waals surface area contributed by atoms with E-state index in [1.807, 2.05) is 84.5 Å². The van der Waals surface area contributed by atoms with E-state index in [2.05, 4.69) is 4.72 Å². The average molecular weight is 887 g/mol. The third kappa shape index (κ3) is 9.82. The lowest BCUT2D eigenvalue weighted by Crippen LogP contribution is -2.47. The van der Waals surface area contributed by atoms with Gasteiger partial charge < -0.3 is 14.4 Å². The van der Waals surface area contributed by atoms with Crippen LogP contribution in [-0.2, 0) is 34.1 Å². The number of Topliss-reactive ketones (excluding diaryl/α,β-unsaturated/α-hetero) is 1. The van der Waals surface area contributed by atoms with Gasteiger partial charge in [0.15, 0.2) is 5.78 Å². The van der Waals surface area contributed by atoms with Gasteiger partial charge in [0.2, 0.25) is 11.8 Å². The summed E-state index contributed by atoms with van der Waals surface area (Å²) in [6.07, 6.45) is 6.66. The standard InChI is InChI=1S/C46H58N6O8S2/c1-29(2)52-36-22-16-21-34(41-47-35(28-61-41)30-17-13-11-14-18-30)40(36)48-44(52)59-33-24-37-38(53)26-46(43(56)49-62(57,58)50(6)7)25-32(46)20-15-10-8-9-12-19-31(42(55)51(37)27-33)23-39(54)60-45(3,4)5/h11,13-18,20-22,28-29,31-33,37H,8-10,12,19,23-27H2,1-7H3,(H,49,56)/b20-15-/t31-,32+,33-,37+,46-/m1/s1. The molecule has 4 heterocycles. The summed E-state index contributed by atoms with van der Waals surface area (Å²) in [5.74, 6) is -3.08. The second-order valence-corrected chi connectivity index (χ2v) is 21.0. The number of rotatable bonds is 10. The molecule has 1 saturated carbocycles. The Kier molecular flexibility index (Phi) is 13.1. The summed E-state index contributed by atoms with van der Waals surface area (Å²) in [6.45, 7) is 9.44. The number of esters is 1. The highest BCUT2D eigenvalue weighted by Gasteiger charge is 2.61. The van der Waals surface area contributed by atoms with Gasteiger partial charge in [-0.25, -0.2) is 9.71 Å². The number of imidazole rings is 1. The number of benzene rings is 2. The molecule has 0 spiro atoms. The number of allylic oxidation sites excluding steroid dienone is 2. The van der Waals surface area contributed by atoms with Gasteiger partial charge in [0.05, 0.1) is 35.6 Å². The molecule has 3 aliphatic rings. The van der Waals surface area contributed by atoms with Crippen molar-refractivity contribution in [2.24, 2.45) is 17.3 Å². The number of amides is 2. The van der Waals surface area contributed by atoms with Crippen molar-refractivity contribution in [2.45, 2.75) is 116 Å². The number of carbonyl (C=O) groups excluding carboxylic acids is 4. The molecule has 2 aromatic carbocycles. The van der Waals surface area contributed by atoms with Crippen LogP contribution in [0.3, 0.4) is 0 Å². The number of aromatic nitrogens is 3. The van der Waals surface area contributed by atoms with Crippen LogP contribution in [0.5, 0.6) is 6.01 Å². The summed E-state index contributed by atoms with van der Waals surface area (Å²) in [5, 5.41) is 2.83. The zero-order valence-electron chi connectivity index (χ0n) is 36.6. The maximum atomic E-state index is 14.8. The van der Waals surface area contributed by atoms with Gasteiger partial charge in [0.1, 0.15) is 22.2 Å². The molecule has 1 saturated heterocycles. The van der Waals surface area contributed by atoms with E-state index in [1.54, 1.807) is 20.8 Å². The van der Waals surface area contributed by atoms with Crippen LogP contribution in [0, 0.1) is 17.3 Å². The Morgan fingerprint density at radius 3 is 2.50 bits per heavy atom. The van der Waals surface area contributed by atoms with Crippen LogP contribution in [0.2, 0.25) is 0 Å². The van der Waals surface area contributed by atoms with Crippen molar-refractivity contribution in [1.29, 1.82) is 0 Å². The number of nitrogens with one attached hydrogen (secondary N) is 1. The highest BCUT2D eigenvalue weighted by molar-refractivity contribution is 7.87. The predicted molar refractivity (Wildman–Crippen MR) is 238 cm³/mol. The van der Waals surface area contributed by atoms with Gasteiger partial charge in [-0.1, -0.05) is 61.4 Å². The molecule has 0 radical (unpaired) electrons. The van der Waals surface area contributed by atoms with Crippen molar-refractivity contribution in [2.75, 3.05) is 20.6 Å². The number of fused-ring (bicyclic) bond motifs is 3. The van der Waals surface area contributed by atoms with Gasteiger partial charge in [0, 0.05) is 55.4 Å². The van der Waals surface area contributed by atoms with Crippen LogP contribution < -0.4 is 9.46 Å². The van der Waals surface area contributed by atoms with E-state index in [-0.39, 0.29) is 49.5 Å². The monoisotopic (exact) mass is 886 g/mol. The maximum absolute atomic E-state index is 14.8. The number of ether oxygens (including phenoxy) is 2. The molecule has 14 nitrogen and oxygen atoms in total. The lowest BCUT2D eigenvalue weighted by Gasteiger charge is -2.29. The first-order valence-corrected chi connectivity index (χ1v) is 23.8. The largest absolute Gasteiger partial charge is 0.460 e. The molecule has 4 aromatic rings. The number of carbonyl (C=O) groups is 4. The number of hydrogen-bond donors (Lipinski definition) is 1. The molecular formula is C46H58N6O8S2. The number of para-hydroxylation sites is 1. The Hall–Kier alpha value is -4.93. The van der Waals surface area contributed by atoms with Gasteiger partial charge in [-0.05, 0) is 78.4 Å². The SMILES string of the molecule is CC(C)n1c(O[C@@H]2C[C@H]3C(=O)C[C@]4(C(=O)NS(=O)(=O)N(C)C)C[C@@H]4/C=C\CCCCC[C@H](CC(=O)OC(C)(C)C)C(=O)N3C2)nc2c(-c3nc(-c4ccccc4)cs3)cccc21. The van der Waals surface area contributed by atoms with Crippen molar-refractivity contribution in [1.82, 2.24) is 28.5 Å². The van der Waals surface area contributed by atoms with E-state index >= 15 is 0 Å². The van der Waals surface area contributed by atoms with E-state index in [0.29, 0.717) is 30.8 Å². The summed E-state index contributed by atoms with van der Waals surface area (Å²) in [6, 6.07) is 15.2. The normalized spacial score (nSPS) is 24.3. The van der Waals surface area contributed by atoms with Crippen molar-refractivity contribution in [3.63, 3.8) is 0 Å². The summed E-state index contributed by atoms with van der Waals surface area (Å²) < 4.78 is 43.2. The van der Waals surface area contributed by atoms with E-state index in [1.165, 1.54) is 30.3 Å². The van der Waals surface area contributed by atoms with Gasteiger partial charge >= 0.3 is 16.2 Å². The van der Waals surface area contributed by atoms with Gasteiger partial charge in [-0.2, -0.15) is 17.7 Å². The minimum absolute atomic E-state index is 0.0403. The molecule has 332 valence electrons. The van der Waals surface area contributed by atoms with Crippen LogP contribution in [0.4, 0.5) is 0 Å². The number of ketones is 1. The Bertz CT molecular complexity index is 2450. The maximum Gasteiger partial charge on any atom is 0.307 e. The molecule has 62 heavy (non-hydrogen) atoms. The second-order valence-electron chi connectivity index (χ2n) is 18.3. The summed E-state index contributed by atoms with van der Waals surface area (Å²) in [7, 11) is -1.49. The third-order valence-electron chi connectivity index (χ3n) is 12.0. The first-order chi connectivity index (χ1) is 29.4. The van der Waals surface area contributed by atoms with E-state index in [0.717, 1.165) is 50.9 Å². The Morgan fingerprint density at radius 1 is 1.03 bits per heavy atom. The molecule has 0 bridgehead atoms. The average Bonchev–Trinajstić information content (AvgIpc) is 3.56. The van der Waals surface area contributed by atoms with E-state index in [4.69, 9.17) is 19.4 Å². The van der Waals surface area contributed by atoms with Crippen LogP contribution >= 0.6 is 11.3 Å². The van der Waals surface area contributed by atoms with Crippen LogP contribution in [-0.4, -0.2) is 94.1 Å². The Balaban J connectivity index is 1.23. The molecule has 16 heteroatoms. The van der Waals surface area contributed by atoms with Crippen molar-refractivity contribution in [3.05, 3.63) is 66.1 Å². The first-order valence-electron chi connectivity index (χ1n) is 21.5. The molecule has 2 amide bonds. The first kappa shape index (κ1) is 45.1. The minimum Gasteiger partial charge on any atom is -0.460 e. The van der Waals surface area contributed by atoms with Gasteiger partial charge in [-0.3, -0.25) is 23.7 Å². The minimum atomic E-state index is -4.14. The Labute approximate surface area is 368 Å². The van der Waals surface area contributed by atoms with Crippen LogP contribution in [0.25, 0.3) is 32.9 Å². The fourth-order valence-corrected chi connectivity index (χ4v) is 10.1. The van der Waals surface area contributed by atoms with Crippen LogP contribution in [0.15, 0.2) is 66.1 Å². The third-order valence-corrected chi connectivity index (χ3v) is 14.2. The molecule has 5 atom stereocenters. The quantitative estimate of drug-likeness (QED) is 0.124. The summed E-state index contributed by atoms with van der Waals surface area (Å²) in [5.41, 5.74) is 2.21. The topological polar surface area (TPSA) is 170 Å². The van der Waals surface area contributed by atoms with Gasteiger partial charge in [-0.15, -0.1) is 11.3 Å². The number of thiazole rings is 1. The molecule has 7 rings (SSSR count). The Morgan fingerprint density at radius 2 is 1.79 bits per heavy atom.